The maximum atomic E-state index is 13.8. The fourth-order valence-corrected chi connectivity index (χ4v) is 6.17. The molecule has 1 amide bonds. The first-order chi connectivity index (χ1) is 16.0. The highest BCUT2D eigenvalue weighted by atomic mass is 32.2. The number of likely N-dealkylation sites (tertiary alicyclic amines) is 1. The van der Waals surface area contributed by atoms with Crippen molar-refractivity contribution in [2.45, 2.75) is 36.2 Å². The van der Waals surface area contributed by atoms with E-state index in [2.05, 4.69) is 20.2 Å². The van der Waals surface area contributed by atoms with Gasteiger partial charge in [0.1, 0.15) is 5.82 Å². The van der Waals surface area contributed by atoms with E-state index in [4.69, 9.17) is 0 Å². The van der Waals surface area contributed by atoms with Crippen molar-refractivity contribution in [1.82, 2.24) is 14.9 Å². The molecule has 5 nitrogen and oxygen atoms in total. The number of nitrogens with zero attached hydrogens (tertiary/aromatic N) is 3. The Balaban J connectivity index is 1.35. The SMILES string of the molecule is Cc1nc2cc(NC(=O)[C@@H]3C[C@@H](Sc4ccccn4)CN3Cc3cccc(F)c3)ccc2s1. The standard InChI is InChI=1S/C25H23FN4OS2/c1-16-28-21-12-19(8-9-23(21)32-16)29-25(31)22-13-20(33-24-7-2-3-10-27-24)15-30(22)14-17-5-4-6-18(26)11-17/h2-12,20,22H,13-15H2,1H3,(H,29,31)/t20-,22+/m1/s1. The Morgan fingerprint density at radius 1 is 1.21 bits per heavy atom. The molecule has 0 saturated carbocycles. The van der Waals surface area contributed by atoms with Crippen LogP contribution in [0, 0.1) is 12.7 Å². The van der Waals surface area contributed by atoms with E-state index < -0.39 is 0 Å². The minimum absolute atomic E-state index is 0.0539. The number of aromatic nitrogens is 2. The molecule has 8 heteroatoms. The van der Waals surface area contributed by atoms with Crippen LogP contribution in [0.3, 0.4) is 0 Å². The summed E-state index contributed by atoms with van der Waals surface area (Å²) in [7, 11) is 0. The molecule has 2 aromatic heterocycles. The zero-order valence-electron chi connectivity index (χ0n) is 18.1. The van der Waals surface area contributed by atoms with E-state index in [0.29, 0.717) is 13.0 Å². The second kappa shape index (κ2) is 9.59. The molecular weight excluding hydrogens is 455 g/mol. The molecule has 5 rings (SSSR count). The van der Waals surface area contributed by atoms with Crippen LogP contribution < -0.4 is 5.32 Å². The first kappa shape index (κ1) is 22.0. The van der Waals surface area contributed by atoms with Gasteiger partial charge >= 0.3 is 0 Å². The van der Waals surface area contributed by atoms with Crippen LogP contribution in [-0.4, -0.2) is 38.6 Å². The number of benzene rings is 2. The van der Waals surface area contributed by atoms with Gasteiger partial charge in [0, 0.05) is 30.2 Å². The monoisotopic (exact) mass is 478 g/mol. The summed E-state index contributed by atoms with van der Waals surface area (Å²) in [5.74, 6) is -0.319. The fraction of sp³-hybridized carbons (Fsp3) is 0.240. The summed E-state index contributed by atoms with van der Waals surface area (Å²) in [5.41, 5.74) is 2.49. The summed E-state index contributed by atoms with van der Waals surface area (Å²) >= 11 is 3.32. The van der Waals surface area contributed by atoms with Crippen molar-refractivity contribution in [3.8, 4) is 0 Å². The Labute approximate surface area is 200 Å². The van der Waals surface area contributed by atoms with Gasteiger partial charge in [-0.1, -0.05) is 18.2 Å². The Bertz CT molecular complexity index is 1280. The van der Waals surface area contributed by atoms with E-state index in [9.17, 15) is 9.18 Å². The number of fused-ring (bicyclic) bond motifs is 1. The molecule has 0 radical (unpaired) electrons. The molecule has 4 aromatic rings. The van der Waals surface area contributed by atoms with Crippen molar-refractivity contribution in [1.29, 1.82) is 0 Å². The molecule has 2 atom stereocenters. The number of carbonyl (C=O) groups excluding carboxylic acids is 1. The molecule has 0 spiro atoms. The number of carbonyl (C=O) groups is 1. The van der Waals surface area contributed by atoms with Gasteiger partial charge in [0.15, 0.2) is 0 Å². The van der Waals surface area contributed by atoms with Gasteiger partial charge in [0.25, 0.3) is 0 Å². The van der Waals surface area contributed by atoms with E-state index in [1.54, 1.807) is 35.4 Å². The summed E-state index contributed by atoms with van der Waals surface area (Å²) in [5, 5.41) is 5.24. The lowest BCUT2D eigenvalue weighted by Gasteiger charge is -2.23. The van der Waals surface area contributed by atoms with Crippen LogP contribution in [-0.2, 0) is 11.3 Å². The second-order valence-corrected chi connectivity index (χ2v) is 10.7. The first-order valence-electron chi connectivity index (χ1n) is 10.8. The maximum Gasteiger partial charge on any atom is 0.241 e. The molecule has 1 aliphatic rings. The minimum atomic E-state index is -0.317. The molecule has 33 heavy (non-hydrogen) atoms. The normalized spacial score (nSPS) is 18.6. The van der Waals surface area contributed by atoms with Gasteiger partial charge < -0.3 is 5.32 Å². The quantitative estimate of drug-likeness (QED) is 0.396. The van der Waals surface area contributed by atoms with Gasteiger partial charge in [-0.15, -0.1) is 23.1 Å². The van der Waals surface area contributed by atoms with Gasteiger partial charge in [-0.3, -0.25) is 9.69 Å². The highest BCUT2D eigenvalue weighted by molar-refractivity contribution is 7.99. The summed E-state index contributed by atoms with van der Waals surface area (Å²) < 4.78 is 14.9. The molecule has 1 aliphatic heterocycles. The zero-order chi connectivity index (χ0) is 22.8. The maximum absolute atomic E-state index is 13.8. The van der Waals surface area contributed by atoms with Crippen molar-refractivity contribution >= 4 is 44.9 Å². The number of anilines is 1. The van der Waals surface area contributed by atoms with Gasteiger partial charge in [-0.05, 0) is 61.4 Å². The van der Waals surface area contributed by atoms with Crippen LogP contribution in [0.2, 0.25) is 0 Å². The van der Waals surface area contributed by atoms with Crippen LogP contribution in [0.25, 0.3) is 10.2 Å². The van der Waals surface area contributed by atoms with E-state index in [1.807, 2.05) is 49.4 Å². The van der Waals surface area contributed by atoms with Crippen LogP contribution in [0.1, 0.15) is 17.0 Å². The number of halogens is 1. The predicted molar refractivity (Wildman–Crippen MR) is 132 cm³/mol. The van der Waals surface area contributed by atoms with Crippen LogP contribution in [0.15, 0.2) is 71.9 Å². The van der Waals surface area contributed by atoms with Crippen LogP contribution >= 0.6 is 23.1 Å². The molecule has 0 bridgehead atoms. The highest BCUT2D eigenvalue weighted by Gasteiger charge is 2.37. The van der Waals surface area contributed by atoms with Crippen molar-refractivity contribution in [2.75, 3.05) is 11.9 Å². The van der Waals surface area contributed by atoms with Gasteiger partial charge in [-0.2, -0.15) is 0 Å². The predicted octanol–water partition coefficient (Wildman–Crippen LogP) is 5.51. The largest absolute Gasteiger partial charge is 0.325 e. The average Bonchev–Trinajstić information content (AvgIpc) is 3.36. The number of thiazole rings is 1. The Morgan fingerprint density at radius 2 is 2.12 bits per heavy atom. The molecule has 1 N–H and O–H groups in total. The van der Waals surface area contributed by atoms with Gasteiger partial charge in [-0.25, -0.2) is 14.4 Å². The lowest BCUT2D eigenvalue weighted by atomic mass is 10.1. The smallest absolute Gasteiger partial charge is 0.241 e. The van der Waals surface area contributed by atoms with E-state index >= 15 is 0 Å². The van der Waals surface area contributed by atoms with Crippen LogP contribution in [0.5, 0.6) is 0 Å². The fourth-order valence-electron chi connectivity index (χ4n) is 4.20. The van der Waals surface area contributed by atoms with Crippen molar-refractivity contribution < 1.29 is 9.18 Å². The zero-order valence-corrected chi connectivity index (χ0v) is 19.7. The molecule has 1 fully saturated rings. The Hall–Kier alpha value is -2.81. The van der Waals surface area contributed by atoms with E-state index in [0.717, 1.165) is 38.0 Å². The Morgan fingerprint density at radius 3 is 2.94 bits per heavy atom. The molecular formula is C25H23FN4OS2. The van der Waals surface area contributed by atoms with E-state index in [1.165, 1.54) is 12.1 Å². The first-order valence-corrected chi connectivity index (χ1v) is 12.5. The van der Waals surface area contributed by atoms with Crippen LogP contribution in [0.4, 0.5) is 10.1 Å². The number of rotatable bonds is 6. The van der Waals surface area contributed by atoms with Crippen molar-refractivity contribution in [3.63, 3.8) is 0 Å². The second-order valence-electron chi connectivity index (χ2n) is 8.12. The Kier molecular flexibility index (Phi) is 6.39. The van der Waals surface area contributed by atoms with Crippen molar-refractivity contribution in [2.24, 2.45) is 0 Å². The molecule has 3 heterocycles. The topological polar surface area (TPSA) is 58.1 Å². The number of hydrogen-bond donors (Lipinski definition) is 1. The summed E-state index contributed by atoms with van der Waals surface area (Å²) in [4.78, 5) is 24.4. The van der Waals surface area contributed by atoms with Gasteiger partial charge in [0.05, 0.1) is 26.3 Å². The molecule has 168 valence electrons. The van der Waals surface area contributed by atoms with E-state index in [-0.39, 0.29) is 23.0 Å². The minimum Gasteiger partial charge on any atom is -0.325 e. The molecule has 1 saturated heterocycles. The number of amides is 1. The third-order valence-corrected chi connectivity index (χ3v) is 7.74. The average molecular weight is 479 g/mol. The summed E-state index contributed by atoms with van der Waals surface area (Å²) in [6.07, 6.45) is 2.47. The number of thioether (sulfide) groups is 1. The molecule has 0 aliphatic carbocycles. The summed E-state index contributed by atoms with van der Waals surface area (Å²) in [6, 6.07) is 17.9. The lowest BCUT2D eigenvalue weighted by Crippen LogP contribution is -2.39. The van der Waals surface area contributed by atoms with Gasteiger partial charge in [0.2, 0.25) is 5.91 Å². The summed E-state index contributed by atoms with van der Waals surface area (Å²) in [6.45, 7) is 3.21. The lowest BCUT2D eigenvalue weighted by molar-refractivity contribution is -0.120. The third-order valence-electron chi connectivity index (χ3n) is 5.63. The number of pyridine rings is 1. The highest BCUT2D eigenvalue weighted by Crippen LogP contribution is 2.33. The number of hydrogen-bond acceptors (Lipinski definition) is 6. The molecule has 2 aromatic carbocycles. The third kappa shape index (κ3) is 5.24. The van der Waals surface area contributed by atoms with Crippen molar-refractivity contribution in [3.05, 3.63) is 83.2 Å². The number of nitrogens with one attached hydrogen (secondary N) is 1. The number of aryl methyl sites for hydroxylation is 1. The molecule has 0 unspecified atom stereocenters.